The number of aryl methyl sites for hydroxylation is 1. The van der Waals surface area contributed by atoms with Gasteiger partial charge in [-0.1, -0.05) is 17.7 Å². The third-order valence-electron chi connectivity index (χ3n) is 2.86. The van der Waals surface area contributed by atoms with Gasteiger partial charge in [-0.2, -0.15) is 0 Å². The van der Waals surface area contributed by atoms with Crippen molar-refractivity contribution in [2.45, 2.75) is 6.92 Å². The van der Waals surface area contributed by atoms with Crippen molar-refractivity contribution in [2.75, 3.05) is 0 Å². The highest BCUT2D eigenvalue weighted by Crippen LogP contribution is 2.27. The average molecular weight is 304 g/mol. The van der Waals surface area contributed by atoms with E-state index in [1.54, 1.807) is 35.8 Å². The minimum absolute atomic E-state index is 0.376. The van der Waals surface area contributed by atoms with E-state index in [9.17, 15) is 4.79 Å². The number of rotatable bonds is 2. The molecule has 1 heterocycles. The van der Waals surface area contributed by atoms with Crippen molar-refractivity contribution in [2.24, 2.45) is 0 Å². The fourth-order valence-electron chi connectivity index (χ4n) is 1.83. The first-order valence-corrected chi connectivity index (χ1v) is 7.21. The Morgan fingerprint density at radius 3 is 2.95 bits per heavy atom. The van der Waals surface area contributed by atoms with Crippen LogP contribution in [0.1, 0.15) is 15.9 Å². The third-order valence-corrected chi connectivity index (χ3v) is 3.96. The zero-order chi connectivity index (χ0) is 14.1. The molecule has 0 fully saturated rings. The van der Waals surface area contributed by atoms with Crippen LogP contribution in [-0.4, -0.2) is 11.0 Å². The zero-order valence-electron chi connectivity index (χ0n) is 10.6. The molecule has 5 heteroatoms. The number of ether oxygens (including phenoxy) is 1. The van der Waals surface area contributed by atoms with E-state index >= 15 is 0 Å². The maximum absolute atomic E-state index is 12.1. The second kappa shape index (κ2) is 5.23. The lowest BCUT2D eigenvalue weighted by atomic mass is 10.2. The lowest BCUT2D eigenvalue weighted by Gasteiger charge is -2.07. The van der Waals surface area contributed by atoms with Crippen molar-refractivity contribution >= 4 is 39.1 Å². The molecular weight excluding hydrogens is 294 g/mol. The molecule has 0 aliphatic carbocycles. The lowest BCUT2D eigenvalue weighted by molar-refractivity contribution is 0.0735. The molecule has 0 N–H and O–H groups in total. The van der Waals surface area contributed by atoms with Crippen molar-refractivity contribution in [1.29, 1.82) is 0 Å². The van der Waals surface area contributed by atoms with Crippen LogP contribution >= 0.6 is 22.9 Å². The van der Waals surface area contributed by atoms with Gasteiger partial charge in [0.2, 0.25) is 0 Å². The Balaban J connectivity index is 1.90. The highest BCUT2D eigenvalue weighted by Gasteiger charge is 2.12. The molecule has 0 unspecified atom stereocenters. The third kappa shape index (κ3) is 2.53. The van der Waals surface area contributed by atoms with Gasteiger partial charge in [-0.15, -0.1) is 11.3 Å². The monoisotopic (exact) mass is 303 g/mol. The van der Waals surface area contributed by atoms with E-state index in [4.69, 9.17) is 16.3 Å². The summed E-state index contributed by atoms with van der Waals surface area (Å²) in [6, 6.07) is 10.6. The summed E-state index contributed by atoms with van der Waals surface area (Å²) < 4.78 is 6.30. The van der Waals surface area contributed by atoms with E-state index in [0.29, 0.717) is 16.3 Å². The second-order valence-electron chi connectivity index (χ2n) is 4.36. The molecule has 0 aliphatic rings. The summed E-state index contributed by atoms with van der Waals surface area (Å²) in [5.74, 6) is -0.0473. The molecular formula is C15H10ClNO2S. The smallest absolute Gasteiger partial charge is 0.343 e. The molecule has 20 heavy (non-hydrogen) atoms. The topological polar surface area (TPSA) is 39.2 Å². The van der Waals surface area contributed by atoms with Gasteiger partial charge in [-0.05, 0) is 42.8 Å². The zero-order valence-corrected chi connectivity index (χ0v) is 12.2. The average Bonchev–Trinajstić information content (AvgIpc) is 2.90. The Bertz CT molecular complexity index is 797. The number of hydrogen-bond acceptors (Lipinski definition) is 4. The first kappa shape index (κ1) is 13.1. The fourth-order valence-corrected chi connectivity index (χ4v) is 2.70. The molecule has 0 aliphatic heterocycles. The van der Waals surface area contributed by atoms with Crippen LogP contribution in [0, 0.1) is 6.92 Å². The molecule has 0 saturated heterocycles. The van der Waals surface area contributed by atoms with Crippen LogP contribution in [0.2, 0.25) is 5.02 Å². The molecule has 0 spiro atoms. The number of carbonyl (C=O) groups is 1. The standard InChI is InChI=1S/C15H10ClNO2S/c1-9-2-4-11(16)13(6-9)19-15(18)10-3-5-12-14(7-10)20-8-17-12/h2-8H,1H3. The number of nitrogens with zero attached hydrogens (tertiary/aromatic N) is 1. The van der Waals surface area contributed by atoms with Gasteiger partial charge in [0.25, 0.3) is 0 Å². The Morgan fingerprint density at radius 2 is 2.10 bits per heavy atom. The number of fused-ring (bicyclic) bond motifs is 1. The lowest BCUT2D eigenvalue weighted by Crippen LogP contribution is -2.08. The molecule has 3 aromatic rings. The molecule has 0 saturated carbocycles. The molecule has 0 amide bonds. The molecule has 1 aromatic heterocycles. The SMILES string of the molecule is Cc1ccc(Cl)c(OC(=O)c2ccc3ncsc3c2)c1. The fraction of sp³-hybridized carbons (Fsp3) is 0.0667. The van der Waals surface area contributed by atoms with E-state index < -0.39 is 5.97 Å². The van der Waals surface area contributed by atoms with Gasteiger partial charge in [-0.3, -0.25) is 0 Å². The van der Waals surface area contributed by atoms with E-state index in [2.05, 4.69) is 4.98 Å². The summed E-state index contributed by atoms with van der Waals surface area (Å²) in [5, 5.41) is 0.419. The maximum Gasteiger partial charge on any atom is 0.343 e. The summed E-state index contributed by atoms with van der Waals surface area (Å²) in [5.41, 5.74) is 4.09. The number of halogens is 1. The van der Waals surface area contributed by atoms with Gasteiger partial charge in [0.1, 0.15) is 5.75 Å². The van der Waals surface area contributed by atoms with Crippen LogP contribution in [0.25, 0.3) is 10.2 Å². The summed E-state index contributed by atoms with van der Waals surface area (Å²) in [4.78, 5) is 16.3. The Hall–Kier alpha value is -1.91. The van der Waals surface area contributed by atoms with Gasteiger partial charge >= 0.3 is 5.97 Å². The minimum atomic E-state index is -0.423. The number of esters is 1. The van der Waals surface area contributed by atoms with E-state index in [1.807, 2.05) is 13.0 Å². The van der Waals surface area contributed by atoms with E-state index in [0.717, 1.165) is 15.8 Å². The first-order valence-electron chi connectivity index (χ1n) is 5.95. The van der Waals surface area contributed by atoms with Gasteiger partial charge in [0.05, 0.1) is 26.3 Å². The highest BCUT2D eigenvalue weighted by atomic mass is 35.5. The van der Waals surface area contributed by atoms with Crippen molar-refractivity contribution in [1.82, 2.24) is 4.98 Å². The molecule has 2 aromatic carbocycles. The summed E-state index contributed by atoms with van der Waals surface area (Å²) in [6.07, 6.45) is 0. The van der Waals surface area contributed by atoms with E-state index in [-0.39, 0.29) is 0 Å². The van der Waals surface area contributed by atoms with Crippen molar-refractivity contribution in [3.8, 4) is 5.75 Å². The quantitative estimate of drug-likeness (QED) is 0.517. The van der Waals surface area contributed by atoms with Crippen molar-refractivity contribution < 1.29 is 9.53 Å². The number of aromatic nitrogens is 1. The van der Waals surface area contributed by atoms with Gasteiger partial charge in [0.15, 0.2) is 0 Å². The maximum atomic E-state index is 12.1. The molecule has 0 radical (unpaired) electrons. The predicted octanol–water partition coefficient (Wildman–Crippen LogP) is 4.48. The van der Waals surface area contributed by atoms with Crippen molar-refractivity contribution in [3.05, 3.63) is 58.1 Å². The van der Waals surface area contributed by atoms with Crippen LogP contribution in [0.5, 0.6) is 5.75 Å². The van der Waals surface area contributed by atoms with Crippen LogP contribution < -0.4 is 4.74 Å². The summed E-state index contributed by atoms with van der Waals surface area (Å²) in [7, 11) is 0. The minimum Gasteiger partial charge on any atom is -0.421 e. The number of benzene rings is 2. The number of thiazole rings is 1. The predicted molar refractivity (Wildman–Crippen MR) is 80.8 cm³/mol. The first-order chi connectivity index (χ1) is 9.63. The van der Waals surface area contributed by atoms with Gasteiger partial charge in [0, 0.05) is 0 Å². The molecule has 3 rings (SSSR count). The summed E-state index contributed by atoms with van der Waals surface area (Å²) >= 11 is 7.51. The van der Waals surface area contributed by atoms with Crippen LogP contribution in [0.3, 0.4) is 0 Å². The highest BCUT2D eigenvalue weighted by molar-refractivity contribution is 7.16. The molecule has 0 atom stereocenters. The Morgan fingerprint density at radius 1 is 1.25 bits per heavy atom. The van der Waals surface area contributed by atoms with Crippen LogP contribution in [0.4, 0.5) is 0 Å². The van der Waals surface area contributed by atoms with Crippen molar-refractivity contribution in [3.63, 3.8) is 0 Å². The second-order valence-corrected chi connectivity index (χ2v) is 5.65. The molecule has 3 nitrogen and oxygen atoms in total. The molecule has 0 bridgehead atoms. The summed E-state index contributed by atoms with van der Waals surface area (Å²) in [6.45, 7) is 1.91. The number of carbonyl (C=O) groups excluding carboxylic acids is 1. The van der Waals surface area contributed by atoms with Crippen LogP contribution in [-0.2, 0) is 0 Å². The Labute approximate surface area is 124 Å². The largest absolute Gasteiger partial charge is 0.421 e. The Kier molecular flexibility index (Phi) is 3.42. The van der Waals surface area contributed by atoms with E-state index in [1.165, 1.54) is 11.3 Å². The molecule has 100 valence electrons. The van der Waals surface area contributed by atoms with Gasteiger partial charge < -0.3 is 4.74 Å². The van der Waals surface area contributed by atoms with Gasteiger partial charge in [-0.25, -0.2) is 9.78 Å². The normalized spacial score (nSPS) is 10.7. The van der Waals surface area contributed by atoms with Crippen LogP contribution in [0.15, 0.2) is 41.9 Å². The number of hydrogen-bond donors (Lipinski definition) is 0.